The normalized spacial score (nSPS) is 9.36. The molecule has 0 radical (unpaired) electrons. The van der Waals surface area contributed by atoms with E-state index >= 15 is 0 Å². The van der Waals surface area contributed by atoms with Crippen molar-refractivity contribution in [1.29, 1.82) is 0 Å². The molecule has 0 unspecified atom stereocenters. The van der Waals surface area contributed by atoms with Crippen molar-refractivity contribution in [1.82, 2.24) is 0 Å². The van der Waals surface area contributed by atoms with E-state index < -0.39 is 10.1 Å². The summed E-state index contributed by atoms with van der Waals surface area (Å²) >= 11 is 0. The van der Waals surface area contributed by atoms with Gasteiger partial charge >= 0.3 is 0 Å². The Bertz CT molecular complexity index is 321. The van der Waals surface area contributed by atoms with Gasteiger partial charge in [0.25, 0.3) is 10.1 Å². The molecule has 5 heteroatoms. The third kappa shape index (κ3) is 11.6. The van der Waals surface area contributed by atoms with Crippen LogP contribution in [0.2, 0.25) is 0 Å². The van der Waals surface area contributed by atoms with Crippen molar-refractivity contribution in [3.8, 4) is 0 Å². The van der Waals surface area contributed by atoms with Gasteiger partial charge in [0.2, 0.25) is 0 Å². The molecule has 1 aromatic carbocycles. The topological polar surface area (TPSA) is 43.4 Å². The van der Waals surface area contributed by atoms with E-state index in [1.165, 1.54) is 5.56 Å². The number of halogens is 1. The molecule has 0 fully saturated rings. The summed E-state index contributed by atoms with van der Waals surface area (Å²) in [5.41, 5.74) is 1.32. The molecule has 0 aliphatic rings. The maximum atomic E-state index is 9.78. The summed E-state index contributed by atoms with van der Waals surface area (Å²) in [6.07, 6.45) is 0.993. The first kappa shape index (κ1) is 16.1. The second-order valence-corrected chi connectivity index (χ2v) is 4.27. The molecule has 0 N–H and O–H groups in total. The fourth-order valence-electron chi connectivity index (χ4n) is 0.534. The number of rotatable bonds is 1. The van der Waals surface area contributed by atoms with Crippen molar-refractivity contribution in [3.63, 3.8) is 0 Å². The quantitative estimate of drug-likeness (QED) is 0.742. The van der Waals surface area contributed by atoms with Gasteiger partial charge in [-0.1, -0.05) is 35.9 Å². The minimum absolute atomic E-state index is 0. The lowest BCUT2D eigenvalue weighted by atomic mass is 10.2. The van der Waals surface area contributed by atoms with E-state index in [4.69, 9.17) is 0 Å². The van der Waals surface area contributed by atoms with Gasteiger partial charge in [0.1, 0.15) is 0 Å². The monoisotopic (exact) mass is 282 g/mol. The molecule has 0 bridgehead atoms. The van der Waals surface area contributed by atoms with Crippen molar-refractivity contribution >= 4 is 27.1 Å². The summed E-state index contributed by atoms with van der Waals surface area (Å²) in [7, 11) is -2.04. The molecule has 0 aromatic heterocycles. The molecular formula is C9H15BrO3S. The van der Waals surface area contributed by atoms with Crippen LogP contribution in [0, 0.1) is 6.92 Å². The minimum Gasteiger partial charge on any atom is -0.274 e. The second kappa shape index (κ2) is 7.96. The summed E-state index contributed by atoms with van der Waals surface area (Å²) in [5, 5.41) is 0. The molecule has 82 valence electrons. The number of aryl methyl sites for hydroxylation is 1. The highest BCUT2D eigenvalue weighted by molar-refractivity contribution is 8.93. The molecule has 14 heavy (non-hydrogen) atoms. The van der Waals surface area contributed by atoms with Crippen molar-refractivity contribution in [2.75, 3.05) is 13.4 Å². The van der Waals surface area contributed by atoms with Crippen LogP contribution < -0.4 is 0 Å². The molecule has 0 heterocycles. The van der Waals surface area contributed by atoms with Crippen LogP contribution in [-0.2, 0) is 14.3 Å². The average Bonchev–Trinajstić information content (AvgIpc) is 2.06. The third-order valence-electron chi connectivity index (χ3n) is 1.24. The summed E-state index contributed by atoms with van der Waals surface area (Å²) in [6.45, 7) is 2.08. The van der Waals surface area contributed by atoms with Crippen LogP contribution in [-0.4, -0.2) is 21.8 Å². The molecular weight excluding hydrogens is 268 g/mol. The van der Waals surface area contributed by atoms with E-state index in [0.717, 1.165) is 13.4 Å². The maximum absolute atomic E-state index is 9.78. The molecule has 0 amide bonds. The predicted octanol–water partition coefficient (Wildman–Crippen LogP) is 2.17. The predicted molar refractivity (Wildman–Crippen MR) is 63.4 cm³/mol. The van der Waals surface area contributed by atoms with E-state index in [1.807, 2.05) is 18.2 Å². The van der Waals surface area contributed by atoms with E-state index in [9.17, 15) is 8.42 Å². The Morgan fingerprint density at radius 2 is 1.50 bits per heavy atom. The standard InChI is InChI=1S/C7H8.C2H6O3S.BrH/c1-7-5-3-2-4-6-7;1-5-6(2,3)4;/h2-6H,1H3;1-2H3;1H. The zero-order chi connectivity index (χ0) is 10.3. The largest absolute Gasteiger partial charge is 0.274 e. The smallest absolute Gasteiger partial charge is 0.264 e. The van der Waals surface area contributed by atoms with E-state index in [-0.39, 0.29) is 17.0 Å². The Labute approximate surface area is 96.0 Å². The van der Waals surface area contributed by atoms with Crippen LogP contribution in [0.3, 0.4) is 0 Å². The molecule has 1 aromatic rings. The zero-order valence-corrected chi connectivity index (χ0v) is 11.0. The third-order valence-corrected chi connectivity index (χ3v) is 1.85. The SMILES string of the molecule is Br.COS(C)(=O)=O.Cc1ccccc1. The van der Waals surface area contributed by atoms with Gasteiger partial charge in [-0.25, -0.2) is 0 Å². The van der Waals surface area contributed by atoms with Crippen molar-refractivity contribution < 1.29 is 12.6 Å². The van der Waals surface area contributed by atoms with Crippen LogP contribution in [0.25, 0.3) is 0 Å². The molecule has 0 saturated heterocycles. The second-order valence-electron chi connectivity index (χ2n) is 2.53. The highest BCUT2D eigenvalue weighted by Crippen LogP contribution is 1.92. The van der Waals surface area contributed by atoms with E-state index in [1.54, 1.807) is 0 Å². The Morgan fingerprint density at radius 3 is 1.64 bits per heavy atom. The highest BCUT2D eigenvalue weighted by Gasteiger charge is 1.90. The number of hydrogen-bond donors (Lipinski definition) is 0. The fourth-order valence-corrected chi connectivity index (χ4v) is 0.534. The van der Waals surface area contributed by atoms with Gasteiger partial charge in [-0.2, -0.15) is 8.42 Å². The van der Waals surface area contributed by atoms with Gasteiger partial charge in [0.05, 0.1) is 13.4 Å². The first-order chi connectivity index (χ1) is 5.95. The van der Waals surface area contributed by atoms with E-state index in [2.05, 4.69) is 23.2 Å². The average molecular weight is 283 g/mol. The Morgan fingerprint density at radius 1 is 1.14 bits per heavy atom. The zero-order valence-electron chi connectivity index (χ0n) is 8.43. The first-order valence-electron chi connectivity index (χ1n) is 3.73. The number of benzene rings is 1. The van der Waals surface area contributed by atoms with E-state index in [0.29, 0.717) is 0 Å². The van der Waals surface area contributed by atoms with Crippen LogP contribution in [0.15, 0.2) is 30.3 Å². The maximum Gasteiger partial charge on any atom is 0.264 e. The molecule has 0 aliphatic heterocycles. The van der Waals surface area contributed by atoms with Crippen molar-refractivity contribution in [2.24, 2.45) is 0 Å². The van der Waals surface area contributed by atoms with Gasteiger partial charge in [0, 0.05) is 0 Å². The van der Waals surface area contributed by atoms with Crippen molar-refractivity contribution in [2.45, 2.75) is 6.92 Å². The van der Waals surface area contributed by atoms with Gasteiger partial charge in [-0.3, -0.25) is 4.18 Å². The molecule has 0 atom stereocenters. The summed E-state index contributed by atoms with van der Waals surface area (Å²) < 4.78 is 23.5. The van der Waals surface area contributed by atoms with Gasteiger partial charge < -0.3 is 0 Å². The van der Waals surface area contributed by atoms with Gasteiger partial charge in [-0.05, 0) is 6.92 Å². The minimum atomic E-state index is -3.16. The number of hydrogen-bond acceptors (Lipinski definition) is 3. The molecule has 0 spiro atoms. The summed E-state index contributed by atoms with van der Waals surface area (Å²) in [5.74, 6) is 0. The van der Waals surface area contributed by atoms with Crippen molar-refractivity contribution in [3.05, 3.63) is 35.9 Å². The molecule has 3 nitrogen and oxygen atoms in total. The van der Waals surface area contributed by atoms with Crippen LogP contribution in [0.1, 0.15) is 5.56 Å². The Balaban J connectivity index is 0. The van der Waals surface area contributed by atoms with Crippen LogP contribution in [0.5, 0.6) is 0 Å². The Kier molecular flexibility index (Phi) is 9.13. The van der Waals surface area contributed by atoms with Crippen LogP contribution in [0.4, 0.5) is 0 Å². The molecule has 1 rings (SSSR count). The van der Waals surface area contributed by atoms with Gasteiger partial charge in [-0.15, -0.1) is 17.0 Å². The lowest BCUT2D eigenvalue weighted by molar-refractivity contribution is 0.403. The van der Waals surface area contributed by atoms with Gasteiger partial charge in [0.15, 0.2) is 0 Å². The Hall–Kier alpha value is -0.390. The fraction of sp³-hybridized carbons (Fsp3) is 0.333. The molecule has 0 aliphatic carbocycles. The lowest BCUT2D eigenvalue weighted by Gasteiger charge is -1.84. The lowest BCUT2D eigenvalue weighted by Crippen LogP contribution is -1.95. The van der Waals surface area contributed by atoms with Crippen LogP contribution >= 0.6 is 17.0 Å². The highest BCUT2D eigenvalue weighted by atomic mass is 79.9. The molecule has 0 saturated carbocycles. The summed E-state index contributed by atoms with van der Waals surface area (Å²) in [4.78, 5) is 0. The summed E-state index contributed by atoms with van der Waals surface area (Å²) in [6, 6.07) is 10.3. The first-order valence-corrected chi connectivity index (χ1v) is 5.54.